The standard InChI is InChI=1S/C18H22N4O/c19-18(23)16-5-3-4-14(10-16)12-22-9-7-15(13-22)11-21-17-6-1-2-8-20-17/h1-6,8,10,15H,7,9,11-13H2,(H2,19,23)(H,20,21). The van der Waals surface area contributed by atoms with E-state index in [0.717, 1.165) is 37.6 Å². The lowest BCUT2D eigenvalue weighted by Gasteiger charge is -2.17. The fourth-order valence-corrected chi connectivity index (χ4v) is 3.02. The number of likely N-dealkylation sites (tertiary alicyclic amines) is 1. The maximum absolute atomic E-state index is 11.3. The van der Waals surface area contributed by atoms with Gasteiger partial charge in [-0.25, -0.2) is 4.98 Å². The number of primary amides is 1. The maximum atomic E-state index is 11.3. The van der Waals surface area contributed by atoms with E-state index in [0.29, 0.717) is 11.5 Å². The number of nitrogens with two attached hydrogens (primary N) is 1. The Bertz CT molecular complexity index is 659. The molecule has 3 N–H and O–H groups in total. The molecule has 1 aliphatic rings. The highest BCUT2D eigenvalue weighted by atomic mass is 16.1. The molecule has 1 saturated heterocycles. The summed E-state index contributed by atoms with van der Waals surface area (Å²) in [5, 5.41) is 3.40. The van der Waals surface area contributed by atoms with Crippen LogP contribution < -0.4 is 11.1 Å². The molecule has 1 atom stereocenters. The van der Waals surface area contributed by atoms with E-state index in [2.05, 4.69) is 15.2 Å². The van der Waals surface area contributed by atoms with Crippen molar-refractivity contribution in [3.63, 3.8) is 0 Å². The summed E-state index contributed by atoms with van der Waals surface area (Å²) in [6.45, 7) is 3.94. The molecule has 1 aliphatic heterocycles. The summed E-state index contributed by atoms with van der Waals surface area (Å²) < 4.78 is 0. The van der Waals surface area contributed by atoms with Gasteiger partial charge in [-0.15, -0.1) is 0 Å². The Labute approximate surface area is 136 Å². The number of carbonyl (C=O) groups is 1. The molecule has 5 nitrogen and oxygen atoms in total. The first-order valence-corrected chi connectivity index (χ1v) is 7.97. The Kier molecular flexibility index (Phi) is 4.88. The third-order valence-electron chi connectivity index (χ3n) is 4.22. The molecule has 120 valence electrons. The molecule has 0 radical (unpaired) electrons. The van der Waals surface area contributed by atoms with Crippen molar-refractivity contribution in [3.05, 3.63) is 59.8 Å². The largest absolute Gasteiger partial charge is 0.370 e. The molecule has 0 spiro atoms. The van der Waals surface area contributed by atoms with Gasteiger partial charge in [0.1, 0.15) is 5.82 Å². The van der Waals surface area contributed by atoms with Gasteiger partial charge in [0.25, 0.3) is 0 Å². The molecule has 3 rings (SSSR count). The molecule has 0 aliphatic carbocycles. The number of amides is 1. The summed E-state index contributed by atoms with van der Waals surface area (Å²) in [6, 6.07) is 13.5. The number of hydrogen-bond donors (Lipinski definition) is 2. The minimum absolute atomic E-state index is 0.370. The van der Waals surface area contributed by atoms with Crippen molar-refractivity contribution < 1.29 is 4.79 Å². The first-order chi connectivity index (χ1) is 11.2. The predicted octanol–water partition coefficient (Wildman–Crippen LogP) is 2.11. The van der Waals surface area contributed by atoms with Crippen molar-refractivity contribution in [2.24, 2.45) is 11.7 Å². The zero-order valence-corrected chi connectivity index (χ0v) is 13.1. The highest BCUT2D eigenvalue weighted by Crippen LogP contribution is 2.19. The van der Waals surface area contributed by atoms with E-state index in [9.17, 15) is 4.79 Å². The second-order valence-electron chi connectivity index (χ2n) is 6.05. The zero-order valence-electron chi connectivity index (χ0n) is 13.1. The molecule has 1 aromatic heterocycles. The lowest BCUT2D eigenvalue weighted by atomic mass is 10.1. The lowest BCUT2D eigenvalue weighted by Crippen LogP contribution is -2.23. The van der Waals surface area contributed by atoms with Crippen molar-refractivity contribution in [1.29, 1.82) is 0 Å². The Morgan fingerprint density at radius 2 is 2.22 bits per heavy atom. The molecule has 1 unspecified atom stereocenters. The van der Waals surface area contributed by atoms with E-state index < -0.39 is 0 Å². The third-order valence-corrected chi connectivity index (χ3v) is 4.22. The Morgan fingerprint density at radius 1 is 1.30 bits per heavy atom. The first-order valence-electron chi connectivity index (χ1n) is 7.97. The highest BCUT2D eigenvalue weighted by molar-refractivity contribution is 5.92. The van der Waals surface area contributed by atoms with Crippen molar-refractivity contribution >= 4 is 11.7 Å². The van der Waals surface area contributed by atoms with Crippen LogP contribution in [0.2, 0.25) is 0 Å². The Hall–Kier alpha value is -2.40. The Morgan fingerprint density at radius 3 is 3.00 bits per heavy atom. The van der Waals surface area contributed by atoms with Crippen LogP contribution in [0.3, 0.4) is 0 Å². The summed E-state index contributed by atoms with van der Waals surface area (Å²) >= 11 is 0. The van der Waals surface area contributed by atoms with E-state index in [-0.39, 0.29) is 5.91 Å². The topological polar surface area (TPSA) is 71.2 Å². The van der Waals surface area contributed by atoms with Crippen molar-refractivity contribution in [2.45, 2.75) is 13.0 Å². The molecule has 2 heterocycles. The summed E-state index contributed by atoms with van der Waals surface area (Å²) in [7, 11) is 0. The van der Waals surface area contributed by atoms with Crippen molar-refractivity contribution in [2.75, 3.05) is 25.0 Å². The SMILES string of the molecule is NC(=O)c1cccc(CN2CCC(CNc3ccccn3)C2)c1. The fraction of sp³-hybridized carbons (Fsp3) is 0.333. The molecular formula is C18H22N4O. The van der Waals surface area contributed by atoms with Gasteiger partial charge in [0, 0.05) is 31.4 Å². The number of carbonyl (C=O) groups excluding carboxylic acids is 1. The number of aromatic nitrogens is 1. The monoisotopic (exact) mass is 310 g/mol. The van der Waals surface area contributed by atoms with Gasteiger partial charge < -0.3 is 11.1 Å². The van der Waals surface area contributed by atoms with Crippen LogP contribution in [0.1, 0.15) is 22.3 Å². The van der Waals surface area contributed by atoms with Gasteiger partial charge in [-0.05, 0) is 48.7 Å². The van der Waals surface area contributed by atoms with E-state index in [1.165, 1.54) is 6.42 Å². The molecule has 0 bridgehead atoms. The van der Waals surface area contributed by atoms with Crippen LogP contribution >= 0.6 is 0 Å². The minimum Gasteiger partial charge on any atom is -0.370 e. The van der Waals surface area contributed by atoms with Crippen LogP contribution in [0.15, 0.2) is 48.7 Å². The number of rotatable bonds is 6. The van der Waals surface area contributed by atoms with Crippen LogP contribution in [0.4, 0.5) is 5.82 Å². The molecule has 1 fully saturated rings. The van der Waals surface area contributed by atoms with Crippen LogP contribution in [0, 0.1) is 5.92 Å². The average molecular weight is 310 g/mol. The van der Waals surface area contributed by atoms with Crippen LogP contribution in [-0.4, -0.2) is 35.4 Å². The highest BCUT2D eigenvalue weighted by Gasteiger charge is 2.22. The van der Waals surface area contributed by atoms with Crippen molar-refractivity contribution in [1.82, 2.24) is 9.88 Å². The summed E-state index contributed by atoms with van der Waals surface area (Å²) in [5.74, 6) is 1.18. The molecule has 5 heteroatoms. The molecule has 1 amide bonds. The normalized spacial score (nSPS) is 18.0. The summed E-state index contributed by atoms with van der Waals surface area (Å²) in [6.07, 6.45) is 2.98. The molecule has 1 aromatic carbocycles. The number of anilines is 1. The predicted molar refractivity (Wildman–Crippen MR) is 91.1 cm³/mol. The molecule has 0 saturated carbocycles. The molecular weight excluding hydrogens is 288 g/mol. The van der Waals surface area contributed by atoms with Crippen LogP contribution in [0.5, 0.6) is 0 Å². The maximum Gasteiger partial charge on any atom is 0.248 e. The molecule has 2 aromatic rings. The van der Waals surface area contributed by atoms with Crippen LogP contribution in [0.25, 0.3) is 0 Å². The van der Waals surface area contributed by atoms with Gasteiger partial charge in [0.15, 0.2) is 0 Å². The van der Waals surface area contributed by atoms with Gasteiger partial charge in [-0.1, -0.05) is 18.2 Å². The number of benzene rings is 1. The quantitative estimate of drug-likeness (QED) is 0.857. The first kappa shape index (κ1) is 15.5. The smallest absolute Gasteiger partial charge is 0.248 e. The van der Waals surface area contributed by atoms with Crippen LogP contribution in [-0.2, 0) is 6.54 Å². The van der Waals surface area contributed by atoms with Gasteiger partial charge in [0.2, 0.25) is 5.91 Å². The van der Waals surface area contributed by atoms with E-state index in [1.807, 2.05) is 36.4 Å². The van der Waals surface area contributed by atoms with E-state index >= 15 is 0 Å². The minimum atomic E-state index is -0.370. The van der Waals surface area contributed by atoms with Gasteiger partial charge in [0.05, 0.1) is 0 Å². The zero-order chi connectivity index (χ0) is 16.1. The average Bonchev–Trinajstić information content (AvgIpc) is 3.01. The number of pyridine rings is 1. The second-order valence-corrected chi connectivity index (χ2v) is 6.05. The van der Waals surface area contributed by atoms with Gasteiger partial charge in [-0.3, -0.25) is 9.69 Å². The number of hydrogen-bond acceptors (Lipinski definition) is 4. The molecule has 23 heavy (non-hydrogen) atoms. The van der Waals surface area contributed by atoms with E-state index in [4.69, 9.17) is 5.73 Å². The fourth-order valence-electron chi connectivity index (χ4n) is 3.02. The lowest BCUT2D eigenvalue weighted by molar-refractivity contribution is 0.1000. The number of nitrogens with one attached hydrogen (secondary N) is 1. The number of nitrogens with zero attached hydrogens (tertiary/aromatic N) is 2. The van der Waals surface area contributed by atoms with Crippen molar-refractivity contribution in [3.8, 4) is 0 Å². The third kappa shape index (κ3) is 4.29. The van der Waals surface area contributed by atoms with E-state index in [1.54, 1.807) is 12.3 Å². The van der Waals surface area contributed by atoms with Gasteiger partial charge >= 0.3 is 0 Å². The Balaban J connectivity index is 1.50. The second kappa shape index (κ2) is 7.24. The summed E-state index contributed by atoms with van der Waals surface area (Å²) in [5.41, 5.74) is 7.06. The van der Waals surface area contributed by atoms with Gasteiger partial charge in [-0.2, -0.15) is 0 Å². The summed E-state index contributed by atoms with van der Waals surface area (Å²) in [4.78, 5) is 18.0.